The van der Waals surface area contributed by atoms with Gasteiger partial charge in [-0.05, 0) is 78.1 Å². The maximum atomic E-state index is 14.0. The van der Waals surface area contributed by atoms with E-state index in [-0.39, 0.29) is 11.2 Å². The number of anilines is 2. The van der Waals surface area contributed by atoms with Crippen molar-refractivity contribution in [1.82, 2.24) is 19.6 Å². The molecule has 0 radical (unpaired) electrons. The van der Waals surface area contributed by atoms with Gasteiger partial charge in [0.25, 0.3) is 0 Å². The van der Waals surface area contributed by atoms with E-state index in [4.69, 9.17) is 4.98 Å². The van der Waals surface area contributed by atoms with Gasteiger partial charge in [-0.3, -0.25) is 9.69 Å². The van der Waals surface area contributed by atoms with Crippen LogP contribution in [-0.4, -0.2) is 26.0 Å². The van der Waals surface area contributed by atoms with E-state index in [2.05, 4.69) is 30.9 Å². The van der Waals surface area contributed by atoms with Crippen LogP contribution in [0.5, 0.6) is 0 Å². The Bertz CT molecular complexity index is 1570. The van der Waals surface area contributed by atoms with Crippen LogP contribution >= 0.6 is 0 Å². The molecule has 0 saturated carbocycles. The standard InChI is InChI=1S/C29H26FN5O/c1-19-16-20(7-12-24(19)30)27-28(35-25(33-27)6-5-14-32-35)21-13-15-31-26(17-21)34(18-36)23-10-8-22(9-11-23)29(2,3)4/h5-18H,1-4H3. The van der Waals surface area contributed by atoms with Crippen molar-refractivity contribution in [3.05, 3.63) is 96.1 Å². The van der Waals surface area contributed by atoms with Crippen LogP contribution in [0.4, 0.5) is 15.9 Å². The van der Waals surface area contributed by atoms with E-state index in [1.54, 1.807) is 36.0 Å². The monoisotopic (exact) mass is 479 g/mol. The molecule has 1 amide bonds. The lowest BCUT2D eigenvalue weighted by Crippen LogP contribution is -2.16. The molecule has 3 heterocycles. The summed E-state index contributed by atoms with van der Waals surface area (Å²) in [4.78, 5) is 22.9. The van der Waals surface area contributed by atoms with Crippen molar-refractivity contribution in [3.8, 4) is 22.5 Å². The minimum Gasteiger partial charge on any atom is -0.278 e. The molecule has 0 fully saturated rings. The Morgan fingerprint density at radius 1 is 0.944 bits per heavy atom. The number of carbonyl (C=O) groups is 1. The maximum Gasteiger partial charge on any atom is 0.219 e. The van der Waals surface area contributed by atoms with E-state index in [9.17, 15) is 9.18 Å². The number of amides is 1. The number of hydrogen-bond acceptors (Lipinski definition) is 4. The second kappa shape index (κ2) is 9.00. The third-order valence-corrected chi connectivity index (χ3v) is 6.21. The fourth-order valence-electron chi connectivity index (χ4n) is 4.21. The van der Waals surface area contributed by atoms with Crippen molar-refractivity contribution >= 4 is 23.6 Å². The number of aromatic nitrogens is 4. The number of pyridine rings is 1. The van der Waals surface area contributed by atoms with E-state index in [1.165, 1.54) is 16.5 Å². The molecule has 0 bridgehead atoms. The Morgan fingerprint density at radius 2 is 1.72 bits per heavy atom. The fourth-order valence-corrected chi connectivity index (χ4v) is 4.21. The summed E-state index contributed by atoms with van der Waals surface area (Å²) in [7, 11) is 0. The van der Waals surface area contributed by atoms with Gasteiger partial charge >= 0.3 is 0 Å². The zero-order chi connectivity index (χ0) is 25.4. The first kappa shape index (κ1) is 23.4. The molecule has 0 spiro atoms. The number of carbonyl (C=O) groups excluding carboxylic acids is 1. The number of hydrogen-bond donors (Lipinski definition) is 0. The molecule has 0 N–H and O–H groups in total. The molecule has 0 aliphatic rings. The minimum absolute atomic E-state index is 0.00781. The van der Waals surface area contributed by atoms with Crippen molar-refractivity contribution in [2.75, 3.05) is 4.90 Å². The first-order chi connectivity index (χ1) is 17.3. The van der Waals surface area contributed by atoms with Crippen LogP contribution in [-0.2, 0) is 10.2 Å². The molecule has 0 aliphatic heterocycles. The van der Waals surface area contributed by atoms with Crippen molar-refractivity contribution < 1.29 is 9.18 Å². The third-order valence-electron chi connectivity index (χ3n) is 6.21. The van der Waals surface area contributed by atoms with Gasteiger partial charge in [-0.2, -0.15) is 5.10 Å². The van der Waals surface area contributed by atoms with Crippen molar-refractivity contribution in [3.63, 3.8) is 0 Å². The third kappa shape index (κ3) is 4.24. The molecule has 5 rings (SSSR count). The lowest BCUT2D eigenvalue weighted by atomic mass is 9.87. The molecule has 0 aliphatic carbocycles. The zero-order valence-electron chi connectivity index (χ0n) is 20.6. The van der Waals surface area contributed by atoms with Gasteiger partial charge in [-0.1, -0.05) is 32.9 Å². The lowest BCUT2D eigenvalue weighted by Gasteiger charge is -2.21. The van der Waals surface area contributed by atoms with E-state index in [0.717, 1.165) is 23.2 Å². The van der Waals surface area contributed by atoms with Crippen LogP contribution in [0.15, 0.2) is 79.1 Å². The fraction of sp³-hybridized carbons (Fsp3) is 0.172. The second-order valence-corrected chi connectivity index (χ2v) is 9.74. The molecule has 180 valence electrons. The van der Waals surface area contributed by atoms with Gasteiger partial charge in [-0.25, -0.2) is 18.9 Å². The number of benzene rings is 2. The summed E-state index contributed by atoms with van der Waals surface area (Å²) in [5.41, 5.74) is 6.04. The molecule has 3 aromatic heterocycles. The molecule has 5 aromatic rings. The lowest BCUT2D eigenvalue weighted by molar-refractivity contribution is -0.106. The highest BCUT2D eigenvalue weighted by Gasteiger charge is 2.20. The normalized spacial score (nSPS) is 11.6. The second-order valence-electron chi connectivity index (χ2n) is 9.74. The smallest absolute Gasteiger partial charge is 0.219 e. The van der Waals surface area contributed by atoms with Gasteiger partial charge in [-0.15, -0.1) is 0 Å². The molecule has 2 aromatic carbocycles. The first-order valence-electron chi connectivity index (χ1n) is 11.7. The predicted molar refractivity (Wildman–Crippen MR) is 140 cm³/mol. The number of aryl methyl sites for hydroxylation is 1. The number of fused-ring (bicyclic) bond motifs is 1. The largest absolute Gasteiger partial charge is 0.278 e. The topological polar surface area (TPSA) is 63.4 Å². The Hall–Kier alpha value is -4.39. The van der Waals surface area contributed by atoms with Crippen LogP contribution in [0.25, 0.3) is 28.2 Å². The summed E-state index contributed by atoms with van der Waals surface area (Å²) in [6.45, 7) is 8.17. The molecular weight excluding hydrogens is 453 g/mol. The molecule has 0 saturated heterocycles. The van der Waals surface area contributed by atoms with E-state index >= 15 is 0 Å². The van der Waals surface area contributed by atoms with Crippen LogP contribution in [0.2, 0.25) is 0 Å². The number of rotatable bonds is 5. The first-order valence-corrected chi connectivity index (χ1v) is 11.7. The van der Waals surface area contributed by atoms with Crippen molar-refractivity contribution in [2.24, 2.45) is 0 Å². The van der Waals surface area contributed by atoms with Crippen molar-refractivity contribution in [1.29, 1.82) is 0 Å². The zero-order valence-corrected chi connectivity index (χ0v) is 20.6. The maximum absolute atomic E-state index is 14.0. The molecule has 36 heavy (non-hydrogen) atoms. The van der Waals surface area contributed by atoms with Crippen LogP contribution < -0.4 is 4.90 Å². The molecular formula is C29H26FN5O. The van der Waals surface area contributed by atoms with E-state index in [1.807, 2.05) is 48.5 Å². The van der Waals surface area contributed by atoms with Crippen LogP contribution in [0, 0.1) is 12.7 Å². The molecule has 0 unspecified atom stereocenters. The quantitative estimate of drug-likeness (QED) is 0.270. The number of imidazole rings is 1. The summed E-state index contributed by atoms with van der Waals surface area (Å²) < 4.78 is 15.7. The Balaban J connectivity index is 1.63. The van der Waals surface area contributed by atoms with Gasteiger partial charge < -0.3 is 0 Å². The highest BCUT2D eigenvalue weighted by atomic mass is 19.1. The summed E-state index contributed by atoms with van der Waals surface area (Å²) in [5, 5.41) is 4.51. The number of nitrogens with zero attached hydrogens (tertiary/aromatic N) is 5. The van der Waals surface area contributed by atoms with Crippen LogP contribution in [0.3, 0.4) is 0 Å². The Morgan fingerprint density at radius 3 is 2.42 bits per heavy atom. The summed E-state index contributed by atoms with van der Waals surface area (Å²) >= 11 is 0. The predicted octanol–water partition coefficient (Wildman–Crippen LogP) is 6.50. The number of halogens is 1. The van der Waals surface area contributed by atoms with Gasteiger partial charge in [0.1, 0.15) is 17.3 Å². The average molecular weight is 480 g/mol. The van der Waals surface area contributed by atoms with E-state index in [0.29, 0.717) is 28.4 Å². The van der Waals surface area contributed by atoms with Crippen LogP contribution in [0.1, 0.15) is 31.9 Å². The average Bonchev–Trinajstić information content (AvgIpc) is 3.26. The summed E-state index contributed by atoms with van der Waals surface area (Å²) in [5.74, 6) is 0.200. The van der Waals surface area contributed by atoms with E-state index < -0.39 is 0 Å². The van der Waals surface area contributed by atoms with Crippen molar-refractivity contribution in [2.45, 2.75) is 33.1 Å². The van der Waals surface area contributed by atoms with Gasteiger partial charge in [0.15, 0.2) is 5.65 Å². The summed E-state index contributed by atoms with van der Waals surface area (Å²) in [6.07, 6.45) is 4.11. The minimum atomic E-state index is -0.271. The summed E-state index contributed by atoms with van der Waals surface area (Å²) in [6, 6.07) is 20.2. The Labute approximate surface area is 209 Å². The molecule has 6 nitrogen and oxygen atoms in total. The molecule has 7 heteroatoms. The molecule has 0 atom stereocenters. The van der Waals surface area contributed by atoms with Gasteiger partial charge in [0.05, 0.1) is 11.4 Å². The Kier molecular flexibility index (Phi) is 5.84. The highest BCUT2D eigenvalue weighted by molar-refractivity contribution is 5.88. The van der Waals surface area contributed by atoms with Gasteiger partial charge in [0.2, 0.25) is 6.41 Å². The highest BCUT2D eigenvalue weighted by Crippen LogP contribution is 2.35. The SMILES string of the molecule is Cc1cc(-c2nc3cccnn3c2-c2ccnc(N(C=O)c3ccc(C(C)(C)C)cc3)c2)ccc1F. The van der Waals surface area contributed by atoms with Gasteiger partial charge in [0, 0.05) is 23.5 Å².